The summed E-state index contributed by atoms with van der Waals surface area (Å²) in [5, 5.41) is 12.6. The van der Waals surface area contributed by atoms with E-state index in [1.165, 1.54) is 11.8 Å². The second kappa shape index (κ2) is 5.38. The van der Waals surface area contributed by atoms with Crippen LogP contribution in [-0.2, 0) is 12.8 Å². The molecular weight excluding hydrogens is 274 g/mol. The Hall–Kier alpha value is -2.28. The van der Waals surface area contributed by atoms with Gasteiger partial charge in [0.05, 0.1) is 5.69 Å². The van der Waals surface area contributed by atoms with E-state index in [0.717, 1.165) is 22.2 Å². The molecule has 6 nitrogen and oxygen atoms in total. The minimum Gasteiger partial charge on any atom is -0.368 e. The summed E-state index contributed by atoms with van der Waals surface area (Å²) in [6.07, 6.45) is 0. The summed E-state index contributed by atoms with van der Waals surface area (Å²) in [5.74, 6) is 1.82. The molecule has 0 saturated carbocycles. The molecular formula is C13H13N5OS. The topological polar surface area (TPSA) is 82.8 Å². The Balaban J connectivity index is 1.70. The van der Waals surface area contributed by atoms with Crippen LogP contribution in [0.3, 0.4) is 0 Å². The van der Waals surface area contributed by atoms with Crippen LogP contribution in [-0.4, -0.2) is 19.9 Å². The fourth-order valence-corrected chi connectivity index (χ4v) is 2.51. The van der Waals surface area contributed by atoms with Crippen molar-refractivity contribution in [1.29, 1.82) is 0 Å². The zero-order chi connectivity index (χ0) is 13.9. The van der Waals surface area contributed by atoms with Crippen molar-refractivity contribution >= 4 is 17.7 Å². The lowest BCUT2D eigenvalue weighted by molar-refractivity contribution is 0.426. The van der Waals surface area contributed by atoms with E-state index in [4.69, 9.17) is 10.3 Å². The van der Waals surface area contributed by atoms with Crippen LogP contribution in [0.2, 0.25) is 0 Å². The monoisotopic (exact) mass is 287 g/mol. The third-order valence-corrected chi connectivity index (χ3v) is 3.89. The summed E-state index contributed by atoms with van der Waals surface area (Å²) >= 11 is 1.52. The number of benzene rings is 1. The van der Waals surface area contributed by atoms with E-state index >= 15 is 0 Å². The molecule has 3 rings (SSSR count). The molecule has 0 aliphatic heterocycles. The summed E-state index contributed by atoms with van der Waals surface area (Å²) in [5.41, 5.74) is 7.50. The molecule has 2 N–H and O–H groups in total. The molecule has 3 aromatic rings. The summed E-state index contributed by atoms with van der Waals surface area (Å²) in [6.45, 7) is 0. The molecule has 2 aromatic heterocycles. The fourth-order valence-electron chi connectivity index (χ4n) is 1.71. The Morgan fingerprint density at radius 3 is 2.75 bits per heavy atom. The molecule has 0 aliphatic carbocycles. The first kappa shape index (κ1) is 12.7. The number of hydrogen-bond donors (Lipinski definition) is 1. The van der Waals surface area contributed by atoms with Gasteiger partial charge in [-0.2, -0.15) is 0 Å². The summed E-state index contributed by atoms with van der Waals surface area (Å²) in [7, 11) is 1.83. The van der Waals surface area contributed by atoms with E-state index in [9.17, 15) is 0 Å². The maximum absolute atomic E-state index is 5.63. The van der Waals surface area contributed by atoms with Gasteiger partial charge < -0.3 is 10.3 Å². The molecule has 7 heteroatoms. The Morgan fingerprint density at radius 1 is 1.25 bits per heavy atom. The minimum absolute atomic E-state index is 0.401. The van der Waals surface area contributed by atoms with E-state index < -0.39 is 0 Å². The van der Waals surface area contributed by atoms with Gasteiger partial charge in [0, 0.05) is 24.4 Å². The molecule has 0 amide bonds. The van der Waals surface area contributed by atoms with Crippen molar-refractivity contribution in [2.45, 2.75) is 10.9 Å². The van der Waals surface area contributed by atoms with Crippen molar-refractivity contribution in [2.75, 3.05) is 5.73 Å². The standard InChI is InChI=1S/C13H13N5OS/c1-18-12(14)15-16-13(18)20-8-10-7-11(19-17-10)9-5-3-2-4-6-9/h2-7H,8H2,1H3,(H2,14,15). The Morgan fingerprint density at radius 2 is 2.05 bits per heavy atom. The molecule has 0 unspecified atom stereocenters. The van der Waals surface area contributed by atoms with Crippen LogP contribution in [0.15, 0.2) is 46.1 Å². The maximum Gasteiger partial charge on any atom is 0.222 e. The van der Waals surface area contributed by atoms with Crippen molar-refractivity contribution in [3.8, 4) is 11.3 Å². The fraction of sp³-hybridized carbons (Fsp3) is 0.154. The van der Waals surface area contributed by atoms with Gasteiger partial charge in [0.1, 0.15) is 0 Å². The first-order chi connectivity index (χ1) is 9.74. The van der Waals surface area contributed by atoms with Gasteiger partial charge in [0.2, 0.25) is 5.95 Å². The molecule has 20 heavy (non-hydrogen) atoms. The van der Waals surface area contributed by atoms with Crippen LogP contribution in [0.4, 0.5) is 5.95 Å². The normalized spacial score (nSPS) is 10.8. The molecule has 0 fully saturated rings. The number of thioether (sulfide) groups is 1. The van der Waals surface area contributed by atoms with Crippen LogP contribution in [0.25, 0.3) is 11.3 Å². The van der Waals surface area contributed by atoms with Gasteiger partial charge in [-0.1, -0.05) is 47.3 Å². The SMILES string of the molecule is Cn1c(N)nnc1SCc1cc(-c2ccccc2)on1. The lowest BCUT2D eigenvalue weighted by Gasteiger charge is -1.98. The van der Waals surface area contributed by atoms with Crippen LogP contribution in [0.5, 0.6) is 0 Å². The molecule has 102 valence electrons. The highest BCUT2D eigenvalue weighted by Gasteiger charge is 2.10. The predicted octanol–water partition coefficient (Wildman–Crippen LogP) is 2.34. The highest BCUT2D eigenvalue weighted by atomic mass is 32.2. The van der Waals surface area contributed by atoms with Crippen molar-refractivity contribution in [3.05, 3.63) is 42.1 Å². The summed E-state index contributed by atoms with van der Waals surface area (Å²) in [6, 6.07) is 11.8. The second-order valence-electron chi connectivity index (χ2n) is 4.24. The van der Waals surface area contributed by atoms with Crippen molar-refractivity contribution in [2.24, 2.45) is 7.05 Å². The molecule has 1 aromatic carbocycles. The van der Waals surface area contributed by atoms with Crippen LogP contribution in [0, 0.1) is 0 Å². The van der Waals surface area contributed by atoms with E-state index in [-0.39, 0.29) is 0 Å². The van der Waals surface area contributed by atoms with Gasteiger partial charge in [-0.15, -0.1) is 10.2 Å². The lowest BCUT2D eigenvalue weighted by atomic mass is 10.2. The van der Waals surface area contributed by atoms with E-state index in [1.807, 2.05) is 43.4 Å². The van der Waals surface area contributed by atoms with E-state index in [2.05, 4.69) is 15.4 Å². The quantitative estimate of drug-likeness (QED) is 0.742. The van der Waals surface area contributed by atoms with E-state index in [0.29, 0.717) is 11.7 Å². The molecule has 0 atom stereocenters. The van der Waals surface area contributed by atoms with Gasteiger partial charge in [0.25, 0.3) is 0 Å². The largest absolute Gasteiger partial charge is 0.368 e. The van der Waals surface area contributed by atoms with Gasteiger partial charge >= 0.3 is 0 Å². The Bertz CT molecular complexity index is 707. The minimum atomic E-state index is 0.401. The first-order valence-electron chi connectivity index (χ1n) is 6.03. The molecule has 0 bridgehead atoms. The second-order valence-corrected chi connectivity index (χ2v) is 5.18. The molecule has 0 saturated heterocycles. The average molecular weight is 287 g/mol. The zero-order valence-electron chi connectivity index (χ0n) is 10.9. The third kappa shape index (κ3) is 2.53. The lowest BCUT2D eigenvalue weighted by Crippen LogP contribution is -1.98. The maximum atomic E-state index is 5.63. The third-order valence-electron chi connectivity index (χ3n) is 2.83. The van der Waals surface area contributed by atoms with Crippen LogP contribution >= 0.6 is 11.8 Å². The molecule has 2 heterocycles. The van der Waals surface area contributed by atoms with Crippen molar-refractivity contribution in [1.82, 2.24) is 19.9 Å². The van der Waals surface area contributed by atoms with Crippen molar-refractivity contribution in [3.63, 3.8) is 0 Å². The van der Waals surface area contributed by atoms with Gasteiger partial charge in [-0.3, -0.25) is 4.57 Å². The first-order valence-corrected chi connectivity index (χ1v) is 7.01. The number of rotatable bonds is 4. The number of nitrogens with zero attached hydrogens (tertiary/aromatic N) is 4. The van der Waals surface area contributed by atoms with Crippen LogP contribution in [0.1, 0.15) is 5.69 Å². The zero-order valence-corrected chi connectivity index (χ0v) is 11.7. The van der Waals surface area contributed by atoms with Crippen molar-refractivity contribution < 1.29 is 4.52 Å². The number of hydrogen-bond acceptors (Lipinski definition) is 6. The number of anilines is 1. The number of nitrogen functional groups attached to an aromatic ring is 1. The Labute approximate surface area is 120 Å². The highest BCUT2D eigenvalue weighted by molar-refractivity contribution is 7.98. The Kier molecular flexibility index (Phi) is 3.42. The molecule has 0 spiro atoms. The molecule has 0 aliphatic rings. The molecule has 0 radical (unpaired) electrons. The summed E-state index contributed by atoms with van der Waals surface area (Å²) < 4.78 is 7.08. The summed E-state index contributed by atoms with van der Waals surface area (Å²) in [4.78, 5) is 0. The smallest absolute Gasteiger partial charge is 0.222 e. The number of aromatic nitrogens is 4. The van der Waals surface area contributed by atoms with Gasteiger partial charge in [-0.25, -0.2) is 0 Å². The van der Waals surface area contributed by atoms with Gasteiger partial charge in [0.15, 0.2) is 10.9 Å². The predicted molar refractivity (Wildman–Crippen MR) is 76.9 cm³/mol. The van der Waals surface area contributed by atoms with E-state index in [1.54, 1.807) is 4.57 Å². The van der Waals surface area contributed by atoms with Crippen LogP contribution < -0.4 is 5.73 Å². The highest BCUT2D eigenvalue weighted by Crippen LogP contribution is 2.25. The van der Waals surface area contributed by atoms with Gasteiger partial charge in [-0.05, 0) is 0 Å². The average Bonchev–Trinajstić information content (AvgIpc) is 3.07. The number of nitrogens with two attached hydrogens (primary N) is 1.